The normalized spacial score (nSPS) is 19.9. The summed E-state index contributed by atoms with van der Waals surface area (Å²) < 4.78 is 37.1. The molecular formula is C12H16F3N3OS. The molecule has 1 fully saturated rings. The topological polar surface area (TPSA) is 54.0 Å². The van der Waals surface area contributed by atoms with Gasteiger partial charge in [0.25, 0.3) is 0 Å². The summed E-state index contributed by atoms with van der Waals surface area (Å²) in [4.78, 5) is 15.3. The zero-order valence-corrected chi connectivity index (χ0v) is 11.6. The third kappa shape index (κ3) is 4.17. The van der Waals surface area contributed by atoms with Crippen LogP contribution in [0, 0.1) is 5.92 Å². The minimum absolute atomic E-state index is 0.0363. The zero-order valence-electron chi connectivity index (χ0n) is 10.8. The minimum atomic E-state index is -4.40. The van der Waals surface area contributed by atoms with Crippen LogP contribution in [-0.2, 0) is 17.4 Å². The molecule has 4 nitrogen and oxygen atoms in total. The minimum Gasteiger partial charge on any atom is -0.355 e. The average Bonchev–Trinajstić information content (AvgIpc) is 2.88. The van der Waals surface area contributed by atoms with Crippen LogP contribution in [0.1, 0.15) is 23.5 Å². The Morgan fingerprint density at radius 2 is 2.35 bits per heavy atom. The molecule has 8 heteroatoms. The van der Waals surface area contributed by atoms with E-state index in [-0.39, 0.29) is 11.8 Å². The number of piperidine rings is 1. The molecule has 2 rings (SSSR count). The molecule has 1 unspecified atom stereocenters. The maximum absolute atomic E-state index is 12.4. The van der Waals surface area contributed by atoms with Gasteiger partial charge in [0, 0.05) is 24.9 Å². The fourth-order valence-corrected chi connectivity index (χ4v) is 2.87. The quantitative estimate of drug-likeness (QED) is 0.892. The van der Waals surface area contributed by atoms with Crippen LogP contribution in [0.3, 0.4) is 0 Å². The fourth-order valence-electron chi connectivity index (χ4n) is 2.07. The first-order valence-electron chi connectivity index (χ1n) is 6.47. The van der Waals surface area contributed by atoms with Crippen molar-refractivity contribution >= 4 is 17.2 Å². The fraction of sp³-hybridized carbons (Fsp3) is 0.667. The van der Waals surface area contributed by atoms with E-state index < -0.39 is 11.9 Å². The van der Waals surface area contributed by atoms with Gasteiger partial charge >= 0.3 is 6.18 Å². The van der Waals surface area contributed by atoms with Gasteiger partial charge < -0.3 is 10.6 Å². The molecule has 112 valence electrons. The van der Waals surface area contributed by atoms with Crippen molar-refractivity contribution in [3.8, 4) is 0 Å². The lowest BCUT2D eigenvalue weighted by Gasteiger charge is -2.21. The molecule has 0 aliphatic carbocycles. The third-order valence-electron chi connectivity index (χ3n) is 3.15. The van der Waals surface area contributed by atoms with Crippen LogP contribution in [0.5, 0.6) is 0 Å². The third-order valence-corrected chi connectivity index (χ3v) is 4.06. The number of amides is 1. The summed E-state index contributed by atoms with van der Waals surface area (Å²) in [5, 5.41) is 7.29. The highest BCUT2D eigenvalue weighted by Gasteiger charge is 2.33. The van der Waals surface area contributed by atoms with Crippen molar-refractivity contribution in [2.45, 2.75) is 25.4 Å². The Balaban J connectivity index is 1.75. The largest absolute Gasteiger partial charge is 0.434 e. The number of aromatic nitrogens is 1. The molecule has 0 bridgehead atoms. The van der Waals surface area contributed by atoms with Crippen molar-refractivity contribution in [1.82, 2.24) is 15.6 Å². The van der Waals surface area contributed by atoms with Gasteiger partial charge in [-0.1, -0.05) is 0 Å². The Kier molecular flexibility index (Phi) is 4.98. The van der Waals surface area contributed by atoms with Gasteiger partial charge in [0.2, 0.25) is 5.91 Å². The Morgan fingerprint density at radius 3 is 2.95 bits per heavy atom. The summed E-state index contributed by atoms with van der Waals surface area (Å²) in [6.45, 7) is 1.92. The molecule has 0 saturated carbocycles. The van der Waals surface area contributed by atoms with Crippen molar-refractivity contribution in [3.05, 3.63) is 16.1 Å². The predicted molar refractivity (Wildman–Crippen MR) is 69.4 cm³/mol. The molecular weight excluding hydrogens is 291 g/mol. The summed E-state index contributed by atoms with van der Waals surface area (Å²) in [5.41, 5.74) is -0.861. The van der Waals surface area contributed by atoms with Crippen LogP contribution < -0.4 is 10.6 Å². The van der Waals surface area contributed by atoms with E-state index in [4.69, 9.17) is 0 Å². The molecule has 2 heterocycles. The number of halogens is 3. The summed E-state index contributed by atoms with van der Waals surface area (Å²) in [6.07, 6.45) is -2.24. The monoisotopic (exact) mass is 307 g/mol. The smallest absolute Gasteiger partial charge is 0.355 e. The van der Waals surface area contributed by atoms with Crippen LogP contribution in [0.4, 0.5) is 13.2 Å². The van der Waals surface area contributed by atoms with Gasteiger partial charge in [0.05, 0.1) is 10.9 Å². The van der Waals surface area contributed by atoms with E-state index in [2.05, 4.69) is 15.6 Å². The summed E-state index contributed by atoms with van der Waals surface area (Å²) in [5.74, 6) is -0.0735. The summed E-state index contributed by atoms with van der Waals surface area (Å²) in [7, 11) is 0. The number of alkyl halides is 3. The molecule has 0 radical (unpaired) electrons. The lowest BCUT2D eigenvalue weighted by Crippen LogP contribution is -2.41. The van der Waals surface area contributed by atoms with E-state index in [0.717, 1.165) is 36.1 Å². The molecule has 1 aromatic rings. The Morgan fingerprint density at radius 1 is 1.55 bits per heavy atom. The lowest BCUT2D eigenvalue weighted by molar-refractivity contribution is -0.140. The van der Waals surface area contributed by atoms with Gasteiger partial charge in [0.15, 0.2) is 5.69 Å². The first kappa shape index (κ1) is 15.2. The molecule has 1 aliphatic heterocycles. The summed E-state index contributed by atoms with van der Waals surface area (Å²) >= 11 is 0.969. The van der Waals surface area contributed by atoms with E-state index in [0.29, 0.717) is 24.5 Å². The number of nitrogens with zero attached hydrogens (tertiary/aromatic N) is 1. The van der Waals surface area contributed by atoms with Crippen molar-refractivity contribution in [2.24, 2.45) is 5.92 Å². The van der Waals surface area contributed by atoms with Gasteiger partial charge in [-0.15, -0.1) is 11.3 Å². The summed E-state index contributed by atoms with van der Waals surface area (Å²) in [6, 6.07) is 0. The highest BCUT2D eigenvalue weighted by atomic mass is 32.1. The highest BCUT2D eigenvalue weighted by Crippen LogP contribution is 2.29. The molecule has 1 atom stereocenters. The molecule has 1 aliphatic rings. The van der Waals surface area contributed by atoms with Gasteiger partial charge in [-0.25, -0.2) is 4.98 Å². The Hall–Kier alpha value is -1.15. The zero-order chi connectivity index (χ0) is 14.6. The highest BCUT2D eigenvalue weighted by molar-refractivity contribution is 7.09. The Labute approximate surface area is 118 Å². The van der Waals surface area contributed by atoms with Crippen LogP contribution in [0.2, 0.25) is 0 Å². The molecule has 1 aromatic heterocycles. The van der Waals surface area contributed by atoms with Crippen LogP contribution >= 0.6 is 11.3 Å². The number of carbonyl (C=O) groups is 1. The van der Waals surface area contributed by atoms with Gasteiger partial charge in [-0.3, -0.25) is 4.79 Å². The van der Waals surface area contributed by atoms with Crippen molar-refractivity contribution in [2.75, 3.05) is 19.6 Å². The molecule has 2 N–H and O–H groups in total. The second-order valence-corrected chi connectivity index (χ2v) is 5.65. The van der Waals surface area contributed by atoms with E-state index in [1.54, 1.807) is 0 Å². The predicted octanol–water partition coefficient (Wildman–Crippen LogP) is 1.82. The Bertz CT molecular complexity index is 455. The van der Waals surface area contributed by atoms with Crippen molar-refractivity contribution in [1.29, 1.82) is 0 Å². The molecule has 0 spiro atoms. The van der Waals surface area contributed by atoms with E-state index in [1.807, 2.05) is 0 Å². The maximum Gasteiger partial charge on any atom is 0.434 e. The van der Waals surface area contributed by atoms with Crippen molar-refractivity contribution < 1.29 is 18.0 Å². The second kappa shape index (κ2) is 6.53. The van der Waals surface area contributed by atoms with E-state index >= 15 is 0 Å². The van der Waals surface area contributed by atoms with Crippen LogP contribution in [0.15, 0.2) is 5.38 Å². The average molecular weight is 307 g/mol. The molecule has 20 heavy (non-hydrogen) atoms. The lowest BCUT2D eigenvalue weighted by atomic mass is 9.99. The molecule has 1 amide bonds. The van der Waals surface area contributed by atoms with Crippen molar-refractivity contribution in [3.63, 3.8) is 0 Å². The van der Waals surface area contributed by atoms with Gasteiger partial charge in [0.1, 0.15) is 0 Å². The number of rotatable bonds is 4. The first-order chi connectivity index (χ1) is 9.47. The first-order valence-corrected chi connectivity index (χ1v) is 7.35. The SMILES string of the molecule is O=C(NCCc1nc(C(F)(F)F)cs1)C1CCCNC1. The number of nitrogens with one attached hydrogen (secondary N) is 2. The van der Waals surface area contributed by atoms with E-state index in [1.165, 1.54) is 0 Å². The van der Waals surface area contributed by atoms with Crippen LogP contribution in [0.25, 0.3) is 0 Å². The van der Waals surface area contributed by atoms with Gasteiger partial charge in [-0.05, 0) is 19.4 Å². The standard InChI is InChI=1S/C12H16F3N3OS/c13-12(14,15)9-7-20-10(18-9)3-5-17-11(19)8-2-1-4-16-6-8/h7-8,16H,1-6H2,(H,17,19). The van der Waals surface area contributed by atoms with Gasteiger partial charge in [-0.2, -0.15) is 13.2 Å². The number of carbonyl (C=O) groups excluding carboxylic acids is 1. The molecule has 1 saturated heterocycles. The number of thiazole rings is 1. The number of hydrogen-bond acceptors (Lipinski definition) is 4. The van der Waals surface area contributed by atoms with Crippen LogP contribution in [-0.4, -0.2) is 30.5 Å². The second-order valence-electron chi connectivity index (χ2n) is 4.71. The molecule has 0 aromatic carbocycles. The van der Waals surface area contributed by atoms with E-state index in [9.17, 15) is 18.0 Å². The number of hydrogen-bond donors (Lipinski definition) is 2. The maximum atomic E-state index is 12.4.